The van der Waals surface area contributed by atoms with Crippen LogP contribution in [-0.2, 0) is 38.2 Å². The zero-order valence-corrected chi connectivity index (χ0v) is 39.6. The number of Topliss-reactive ketones (excluding diaryl/α,β-unsaturated/α-hetero) is 2. The van der Waals surface area contributed by atoms with Gasteiger partial charge in [0.25, 0.3) is 0 Å². The SMILES string of the molecule is O=C1CC2CCC(C1)C2O.O=C1CC2CCC(C1)C2OS(=O)(=O)C(F)(F)C(F)(F)C(F)(F)C(F)(F)F.O=S(=O)(OC1C2CCC1CC(O)C2)C(F)(F)C(F)(F)C(F)(F)C(F)(F)F.[N-]=[N+]=NC1C2CCC1CC(O)C2. The molecule has 8 aliphatic carbocycles. The van der Waals surface area contributed by atoms with Crippen molar-refractivity contribution in [2.75, 3.05) is 0 Å². The van der Waals surface area contributed by atoms with Gasteiger partial charge in [-0.3, -0.25) is 18.0 Å². The molecule has 428 valence electrons. The van der Waals surface area contributed by atoms with Gasteiger partial charge in [0.2, 0.25) is 0 Å². The van der Waals surface area contributed by atoms with Crippen molar-refractivity contribution < 1.29 is 129 Å². The van der Waals surface area contributed by atoms with Crippen molar-refractivity contribution in [3.63, 3.8) is 0 Å². The first kappa shape index (κ1) is 61.9. The minimum atomic E-state index is -7.33. The molecule has 3 N–H and O–H groups in total. The van der Waals surface area contributed by atoms with E-state index in [9.17, 15) is 121 Å². The zero-order chi connectivity index (χ0) is 56.4. The number of alkyl halides is 18. The van der Waals surface area contributed by atoms with Gasteiger partial charge in [-0.1, -0.05) is 5.11 Å². The van der Waals surface area contributed by atoms with E-state index in [4.69, 9.17) is 5.53 Å². The number of azide groups is 1. The van der Waals surface area contributed by atoms with Crippen LogP contribution in [0, 0.1) is 47.3 Å². The molecule has 0 radical (unpaired) electrons. The molecule has 14 nitrogen and oxygen atoms in total. The highest BCUT2D eigenvalue weighted by molar-refractivity contribution is 7.88. The number of carbonyl (C=O) groups is 2. The summed E-state index contributed by atoms with van der Waals surface area (Å²) in [4.78, 5) is 25.2. The van der Waals surface area contributed by atoms with Gasteiger partial charge < -0.3 is 15.3 Å². The summed E-state index contributed by atoms with van der Waals surface area (Å²) >= 11 is 0. The molecule has 8 saturated carbocycles. The fraction of sp³-hybridized carbons (Fsp3) is 0.950. The highest BCUT2D eigenvalue weighted by Gasteiger charge is 2.87. The van der Waals surface area contributed by atoms with E-state index in [2.05, 4.69) is 18.4 Å². The number of halogens is 18. The van der Waals surface area contributed by atoms with Crippen LogP contribution < -0.4 is 0 Å². The lowest BCUT2D eigenvalue weighted by atomic mass is 9.83. The van der Waals surface area contributed by atoms with E-state index >= 15 is 0 Å². The summed E-state index contributed by atoms with van der Waals surface area (Å²) in [6.07, 6.45) is -11.5. The monoisotopic (exact) mass is 1150 g/mol. The molecule has 8 atom stereocenters. The molecule has 0 spiro atoms. The minimum Gasteiger partial charge on any atom is -0.393 e. The van der Waals surface area contributed by atoms with E-state index in [1.807, 2.05) is 0 Å². The Balaban J connectivity index is 0.000000196. The largest absolute Gasteiger partial charge is 0.460 e. The van der Waals surface area contributed by atoms with Crippen molar-refractivity contribution >= 4 is 31.8 Å². The standard InChI is InChI=1S/C12H13F9O4S.C12H11F9O4S.C8H13N3O.C8H12O2/c2*13-9(14,11(17,18)19)10(15,16)12(20,21)26(23,24)25-8-5-1-2-6(8)4-7(22)3-5;9-11-10-8-5-1-2-6(8)4-7(12)3-5;9-7-3-5-1-2-6(4-7)8(5)10/h5-8,22H,1-4H2;5-6,8H,1-4H2;5-8,12H,1-4H2;5-6,8,10H,1-4H2. The smallest absolute Gasteiger partial charge is 0.393 e. The summed E-state index contributed by atoms with van der Waals surface area (Å²) in [6, 6.07) is 0.179. The minimum absolute atomic E-state index is 0.0998. The first-order valence-corrected chi connectivity index (χ1v) is 25.7. The Bertz CT molecular complexity index is 2260. The topological polar surface area (TPSA) is 230 Å². The van der Waals surface area contributed by atoms with Crippen molar-refractivity contribution in [2.24, 2.45) is 52.5 Å². The van der Waals surface area contributed by atoms with Gasteiger partial charge in [-0.05, 0) is 130 Å². The Kier molecular flexibility index (Phi) is 17.9. The van der Waals surface area contributed by atoms with Crippen LogP contribution in [0.1, 0.15) is 103 Å². The summed E-state index contributed by atoms with van der Waals surface area (Å²) in [5, 5.41) is 18.5. The summed E-state index contributed by atoms with van der Waals surface area (Å²) in [7, 11) is -13.7. The van der Waals surface area contributed by atoms with Crippen LogP contribution in [0.3, 0.4) is 0 Å². The van der Waals surface area contributed by atoms with Crippen LogP contribution >= 0.6 is 0 Å². The molecule has 8 aliphatic rings. The van der Waals surface area contributed by atoms with Gasteiger partial charge >= 0.3 is 66.8 Å². The lowest BCUT2D eigenvalue weighted by molar-refractivity contribution is -0.383. The van der Waals surface area contributed by atoms with Crippen molar-refractivity contribution in [1.82, 2.24) is 0 Å². The molecule has 0 aromatic rings. The number of carbonyl (C=O) groups excluding carboxylic acids is 2. The Hall–Kier alpha value is -2.91. The van der Waals surface area contributed by atoms with E-state index < -0.39 is 109 Å². The third kappa shape index (κ3) is 11.6. The molecule has 0 amide bonds. The third-order valence-corrected chi connectivity index (χ3v) is 17.9. The van der Waals surface area contributed by atoms with Crippen LogP contribution in [0.2, 0.25) is 0 Å². The first-order valence-electron chi connectivity index (χ1n) is 22.9. The Labute approximate surface area is 409 Å². The second-order valence-corrected chi connectivity index (χ2v) is 23.3. The maximum Gasteiger partial charge on any atom is 0.460 e. The van der Waals surface area contributed by atoms with E-state index in [0.29, 0.717) is 42.3 Å². The highest BCUT2D eigenvalue weighted by atomic mass is 32.2. The van der Waals surface area contributed by atoms with Crippen molar-refractivity contribution in [2.45, 2.75) is 186 Å². The van der Waals surface area contributed by atoms with Crippen molar-refractivity contribution in [1.29, 1.82) is 0 Å². The van der Waals surface area contributed by atoms with Crippen LogP contribution in [-0.4, -0.2) is 127 Å². The maximum atomic E-state index is 13.6. The number of hydrogen-bond acceptors (Lipinski definition) is 12. The lowest BCUT2D eigenvalue weighted by Crippen LogP contribution is -2.63. The Morgan fingerprint density at radius 3 is 1.04 bits per heavy atom. The number of aliphatic hydroxyl groups is 3. The summed E-state index contributed by atoms with van der Waals surface area (Å²) in [5.74, 6) is -31.2. The summed E-state index contributed by atoms with van der Waals surface area (Å²) < 4.78 is 285. The van der Waals surface area contributed by atoms with Gasteiger partial charge in [0.1, 0.15) is 11.6 Å². The van der Waals surface area contributed by atoms with Gasteiger partial charge in [-0.25, -0.2) is 0 Å². The average molecular weight is 1150 g/mol. The summed E-state index contributed by atoms with van der Waals surface area (Å²) in [6.45, 7) is 0. The van der Waals surface area contributed by atoms with Crippen LogP contribution in [0.25, 0.3) is 10.4 Å². The van der Waals surface area contributed by atoms with Gasteiger partial charge in [-0.15, -0.1) is 0 Å². The van der Waals surface area contributed by atoms with E-state index in [1.165, 1.54) is 0 Å². The lowest BCUT2D eigenvalue weighted by Gasteiger charge is -2.36. The molecule has 0 saturated heterocycles. The molecule has 0 aromatic carbocycles. The van der Waals surface area contributed by atoms with Crippen LogP contribution in [0.15, 0.2) is 5.11 Å². The predicted molar refractivity (Wildman–Crippen MR) is 212 cm³/mol. The van der Waals surface area contributed by atoms with E-state index in [-0.39, 0.29) is 75.4 Å². The molecule has 8 rings (SSSR count). The molecule has 8 bridgehead atoms. The van der Waals surface area contributed by atoms with Gasteiger partial charge in [0, 0.05) is 36.6 Å². The number of aliphatic hydroxyl groups excluding tert-OH is 3. The molecule has 34 heteroatoms. The van der Waals surface area contributed by atoms with E-state index in [0.717, 1.165) is 38.5 Å². The normalized spacial score (nSPS) is 34.6. The molecule has 0 aromatic heterocycles. The van der Waals surface area contributed by atoms with Crippen molar-refractivity contribution in [3.8, 4) is 0 Å². The number of fused-ring (bicyclic) bond motifs is 8. The highest BCUT2D eigenvalue weighted by Crippen LogP contribution is 2.58. The number of ketones is 2. The second-order valence-electron chi connectivity index (χ2n) is 20.1. The number of nitrogens with zero attached hydrogens (tertiary/aromatic N) is 3. The Morgan fingerprint density at radius 1 is 0.446 bits per heavy atom. The molecule has 74 heavy (non-hydrogen) atoms. The average Bonchev–Trinajstić information content (AvgIpc) is 3.80. The van der Waals surface area contributed by atoms with E-state index in [1.54, 1.807) is 0 Å². The fourth-order valence-corrected chi connectivity index (χ4v) is 13.8. The van der Waals surface area contributed by atoms with Crippen molar-refractivity contribution in [3.05, 3.63) is 10.4 Å². The molecule has 0 heterocycles. The quantitative estimate of drug-likeness (QED) is 0.0580. The molecular formula is C40H49F18N3O11S2. The predicted octanol–water partition coefficient (Wildman–Crippen LogP) is 9.41. The molecule has 0 aliphatic heterocycles. The Morgan fingerprint density at radius 2 is 0.716 bits per heavy atom. The van der Waals surface area contributed by atoms with Gasteiger partial charge in [0.15, 0.2) is 0 Å². The van der Waals surface area contributed by atoms with Gasteiger partial charge in [0.05, 0.1) is 30.5 Å². The first-order chi connectivity index (χ1) is 33.5. The maximum absolute atomic E-state index is 13.6. The zero-order valence-electron chi connectivity index (χ0n) is 38.0. The second kappa shape index (κ2) is 21.4. The molecule has 8 unspecified atom stereocenters. The third-order valence-electron chi connectivity index (χ3n) is 15.2. The molecular weight excluding hydrogens is 1100 g/mol. The van der Waals surface area contributed by atoms with Crippen LogP contribution in [0.5, 0.6) is 0 Å². The summed E-state index contributed by atoms with van der Waals surface area (Å²) in [5.41, 5.74) is 8.34. The van der Waals surface area contributed by atoms with Crippen LogP contribution in [0.4, 0.5) is 79.0 Å². The fourth-order valence-electron chi connectivity index (χ4n) is 11.4. The number of rotatable bonds is 11. The molecule has 8 fully saturated rings. The van der Waals surface area contributed by atoms with Gasteiger partial charge in [-0.2, -0.15) is 95.9 Å². The number of hydrogen-bond donors (Lipinski definition) is 3.